The van der Waals surface area contributed by atoms with Crippen LogP contribution in [0.3, 0.4) is 0 Å². The van der Waals surface area contributed by atoms with Crippen molar-refractivity contribution in [1.82, 2.24) is 9.97 Å². The van der Waals surface area contributed by atoms with Crippen LogP contribution in [0, 0.1) is 0 Å². The molecule has 0 aromatic carbocycles. The molecule has 0 fully saturated rings. The maximum Gasteiger partial charge on any atom is 0.252 e. The zero-order valence-electron chi connectivity index (χ0n) is 7.90. The second-order valence-electron chi connectivity index (χ2n) is 2.74. The summed E-state index contributed by atoms with van der Waals surface area (Å²) in [5.41, 5.74) is -0.768. The molecule has 15 heavy (non-hydrogen) atoms. The molecule has 0 spiro atoms. The van der Waals surface area contributed by atoms with Gasteiger partial charge in [0.25, 0.3) is 5.56 Å². The topological polar surface area (TPSA) is 112 Å². The van der Waals surface area contributed by atoms with Gasteiger partial charge >= 0.3 is 0 Å². The van der Waals surface area contributed by atoms with E-state index in [0.29, 0.717) is 0 Å². The highest BCUT2D eigenvalue weighted by molar-refractivity contribution is 5.95. The number of nitrogens with zero attached hydrogens (tertiary/aromatic N) is 1. The Bertz CT molecular complexity index is 451. The van der Waals surface area contributed by atoms with Crippen molar-refractivity contribution in [2.24, 2.45) is 0 Å². The lowest BCUT2D eigenvalue weighted by molar-refractivity contribution is -0.114. The van der Waals surface area contributed by atoms with Gasteiger partial charge in [-0.25, -0.2) is 4.98 Å². The van der Waals surface area contributed by atoms with Crippen LogP contribution in [0.15, 0.2) is 10.9 Å². The molecule has 3 N–H and O–H groups in total. The monoisotopic (exact) mass is 211 g/mol. The Labute approximate surface area is 84.2 Å². The number of amides is 1. The second kappa shape index (κ2) is 4.47. The van der Waals surface area contributed by atoms with Gasteiger partial charge in [0.1, 0.15) is 12.3 Å². The molecular weight excluding hydrogens is 202 g/mol. The van der Waals surface area contributed by atoms with Crippen LogP contribution in [0.2, 0.25) is 0 Å². The highest BCUT2D eigenvalue weighted by atomic mass is 16.3. The average molecular weight is 211 g/mol. The van der Waals surface area contributed by atoms with E-state index in [1.807, 2.05) is 0 Å². The number of H-pyrrole nitrogens is 1. The van der Waals surface area contributed by atoms with Gasteiger partial charge in [0.15, 0.2) is 0 Å². The Hall–Kier alpha value is -2.02. The van der Waals surface area contributed by atoms with E-state index in [4.69, 9.17) is 5.11 Å². The Morgan fingerprint density at radius 2 is 2.27 bits per heavy atom. The van der Waals surface area contributed by atoms with Crippen molar-refractivity contribution >= 4 is 17.6 Å². The van der Waals surface area contributed by atoms with Crippen molar-refractivity contribution in [3.05, 3.63) is 22.1 Å². The first kappa shape index (κ1) is 11.1. The normalized spacial score (nSPS) is 9.73. The van der Waals surface area contributed by atoms with Gasteiger partial charge in [0.05, 0.1) is 0 Å². The van der Waals surface area contributed by atoms with E-state index >= 15 is 0 Å². The molecule has 1 rings (SSSR count). The van der Waals surface area contributed by atoms with Gasteiger partial charge in [-0.3, -0.25) is 24.7 Å². The molecule has 7 heteroatoms. The van der Waals surface area contributed by atoms with Gasteiger partial charge in [-0.1, -0.05) is 0 Å². The number of carbonyl (C=O) groups is 2. The molecule has 7 nitrogen and oxygen atoms in total. The van der Waals surface area contributed by atoms with E-state index < -0.39 is 23.9 Å². The number of nitrogens with one attached hydrogen (secondary N) is 2. The summed E-state index contributed by atoms with van der Waals surface area (Å²) in [4.78, 5) is 38.6. The third-order valence-corrected chi connectivity index (χ3v) is 1.47. The van der Waals surface area contributed by atoms with Crippen LogP contribution in [0.5, 0.6) is 0 Å². The second-order valence-corrected chi connectivity index (χ2v) is 2.74. The molecule has 80 valence electrons. The van der Waals surface area contributed by atoms with Crippen LogP contribution in [0.25, 0.3) is 0 Å². The SMILES string of the molecule is CC(=O)Nc1nc(C(=O)CO)cc(=O)[nH]1. The summed E-state index contributed by atoms with van der Waals surface area (Å²) in [5, 5.41) is 10.8. The van der Waals surface area contributed by atoms with Crippen LogP contribution in [-0.4, -0.2) is 33.4 Å². The summed E-state index contributed by atoms with van der Waals surface area (Å²) in [6.07, 6.45) is 0. The van der Waals surface area contributed by atoms with Gasteiger partial charge in [-0.2, -0.15) is 0 Å². The lowest BCUT2D eigenvalue weighted by atomic mass is 10.3. The molecule has 1 aromatic rings. The molecule has 0 saturated carbocycles. The molecule has 0 aliphatic rings. The van der Waals surface area contributed by atoms with E-state index in [1.54, 1.807) is 0 Å². The summed E-state index contributed by atoms with van der Waals surface area (Å²) in [6.45, 7) is 0.497. The van der Waals surface area contributed by atoms with E-state index in [0.717, 1.165) is 6.07 Å². The first-order valence-electron chi connectivity index (χ1n) is 4.06. The maximum absolute atomic E-state index is 11.0. The van der Waals surface area contributed by atoms with Gasteiger partial charge in [-0.05, 0) is 0 Å². The number of aromatic amines is 1. The van der Waals surface area contributed by atoms with Gasteiger partial charge in [0, 0.05) is 13.0 Å². The number of rotatable bonds is 3. The van der Waals surface area contributed by atoms with Crippen molar-refractivity contribution in [2.75, 3.05) is 11.9 Å². The fourth-order valence-electron chi connectivity index (χ4n) is 0.907. The van der Waals surface area contributed by atoms with Crippen LogP contribution in [-0.2, 0) is 4.79 Å². The highest BCUT2D eigenvalue weighted by Crippen LogP contribution is 1.97. The first-order chi connectivity index (χ1) is 7.02. The van der Waals surface area contributed by atoms with Gasteiger partial charge in [-0.15, -0.1) is 0 Å². The van der Waals surface area contributed by atoms with E-state index in [1.165, 1.54) is 6.92 Å². The number of Topliss-reactive ketones (excluding diaryl/α,β-unsaturated/α-hetero) is 1. The molecule has 0 bridgehead atoms. The van der Waals surface area contributed by atoms with E-state index in [-0.39, 0.29) is 11.6 Å². The predicted octanol–water partition coefficient (Wildman–Crippen LogP) is -1.10. The molecule has 0 aliphatic carbocycles. The number of anilines is 1. The smallest absolute Gasteiger partial charge is 0.252 e. The summed E-state index contributed by atoms with van der Waals surface area (Å²) in [7, 11) is 0. The molecule has 1 aromatic heterocycles. The molecule has 0 aliphatic heterocycles. The molecule has 0 unspecified atom stereocenters. The lowest BCUT2D eigenvalue weighted by Gasteiger charge is -2.01. The minimum absolute atomic E-state index is 0.119. The maximum atomic E-state index is 11.0. The highest BCUT2D eigenvalue weighted by Gasteiger charge is 2.09. The van der Waals surface area contributed by atoms with Crippen LogP contribution >= 0.6 is 0 Å². The zero-order valence-corrected chi connectivity index (χ0v) is 7.90. The molecule has 1 amide bonds. The number of ketones is 1. The average Bonchev–Trinajstić information content (AvgIpc) is 2.14. The summed E-state index contributed by atoms with van der Waals surface area (Å²) < 4.78 is 0. The summed E-state index contributed by atoms with van der Waals surface area (Å²) in [5.74, 6) is -1.23. The van der Waals surface area contributed by atoms with Crippen molar-refractivity contribution < 1.29 is 14.7 Å². The number of carbonyl (C=O) groups excluding carboxylic acids is 2. The zero-order chi connectivity index (χ0) is 11.4. The minimum Gasteiger partial charge on any atom is -0.388 e. The fourth-order valence-corrected chi connectivity index (χ4v) is 0.907. The largest absolute Gasteiger partial charge is 0.388 e. The number of aliphatic hydroxyl groups is 1. The van der Waals surface area contributed by atoms with Crippen molar-refractivity contribution in [1.29, 1.82) is 0 Å². The van der Waals surface area contributed by atoms with Crippen LogP contribution < -0.4 is 10.9 Å². The Morgan fingerprint density at radius 3 is 2.80 bits per heavy atom. The number of hydrogen-bond donors (Lipinski definition) is 3. The third-order valence-electron chi connectivity index (χ3n) is 1.47. The van der Waals surface area contributed by atoms with E-state index in [2.05, 4.69) is 15.3 Å². The predicted molar refractivity (Wildman–Crippen MR) is 50.6 cm³/mol. The standard InChI is InChI=1S/C8H9N3O4/c1-4(13)9-8-10-5(6(14)3-12)2-7(15)11-8/h2,12H,3H2,1H3,(H2,9,10,11,13,15). The van der Waals surface area contributed by atoms with Crippen molar-refractivity contribution in [3.8, 4) is 0 Å². The Balaban J connectivity index is 3.10. The molecule has 0 saturated heterocycles. The Morgan fingerprint density at radius 1 is 1.60 bits per heavy atom. The Kier molecular flexibility index (Phi) is 3.29. The first-order valence-corrected chi connectivity index (χ1v) is 4.06. The number of hydrogen-bond acceptors (Lipinski definition) is 5. The third kappa shape index (κ3) is 2.99. The van der Waals surface area contributed by atoms with E-state index in [9.17, 15) is 14.4 Å². The quantitative estimate of drug-likeness (QED) is 0.549. The molecule has 1 heterocycles. The molecule has 0 atom stereocenters. The summed E-state index contributed by atoms with van der Waals surface area (Å²) in [6, 6.07) is 0.948. The molecule has 0 radical (unpaired) electrons. The van der Waals surface area contributed by atoms with Crippen molar-refractivity contribution in [2.45, 2.75) is 6.92 Å². The minimum atomic E-state index is -0.740. The lowest BCUT2D eigenvalue weighted by Crippen LogP contribution is -2.19. The number of aliphatic hydroxyl groups excluding tert-OH is 1. The summed E-state index contributed by atoms with van der Waals surface area (Å²) >= 11 is 0. The fraction of sp³-hybridized carbons (Fsp3) is 0.250. The van der Waals surface area contributed by atoms with Crippen LogP contribution in [0.4, 0.5) is 5.95 Å². The van der Waals surface area contributed by atoms with Crippen molar-refractivity contribution in [3.63, 3.8) is 0 Å². The molecular formula is C8H9N3O4. The number of aromatic nitrogens is 2. The van der Waals surface area contributed by atoms with Gasteiger partial charge in [0.2, 0.25) is 17.6 Å². The van der Waals surface area contributed by atoms with Crippen LogP contribution in [0.1, 0.15) is 17.4 Å². The van der Waals surface area contributed by atoms with Gasteiger partial charge < -0.3 is 5.11 Å².